The molecule has 0 aliphatic carbocycles. The van der Waals surface area contributed by atoms with Crippen LogP contribution in [0.5, 0.6) is 0 Å². The molecule has 0 saturated carbocycles. The predicted molar refractivity (Wildman–Crippen MR) is 163 cm³/mol. The molecule has 42 heavy (non-hydrogen) atoms. The topological polar surface area (TPSA) is 132 Å². The number of carbonyl (C=O) groups is 3. The minimum atomic E-state index is -0.733. The lowest BCUT2D eigenvalue weighted by molar-refractivity contribution is -0.132. The van der Waals surface area contributed by atoms with Gasteiger partial charge in [0.1, 0.15) is 23.2 Å². The zero-order valence-corrected chi connectivity index (χ0v) is 24.4. The van der Waals surface area contributed by atoms with Crippen LogP contribution in [0.3, 0.4) is 0 Å². The standard InChI is InChI=1S/C30H37FN8O3/c1-6-15-32-27-25(19-33-30(37-27)36-22-11-7-10-21(31)17-22)29(42)35-24-13-8-12-23(18-24)34-28(41)20(2)39(5)26(40)14-9-16-38(3)4/h7-14,17-20H,6,15-16H2,1-5H3,(H,34,41)(H,35,42)(H2,32,33,36,37)/t20-/m0/s1. The van der Waals surface area contributed by atoms with Crippen LogP contribution >= 0.6 is 0 Å². The summed E-state index contributed by atoms with van der Waals surface area (Å²) in [6.45, 7) is 4.79. The van der Waals surface area contributed by atoms with Crippen LogP contribution < -0.4 is 21.3 Å². The highest BCUT2D eigenvalue weighted by molar-refractivity contribution is 6.08. The summed E-state index contributed by atoms with van der Waals surface area (Å²) in [5.74, 6) is -1.01. The molecule has 0 spiro atoms. The molecule has 0 unspecified atom stereocenters. The fraction of sp³-hybridized carbons (Fsp3) is 0.300. The molecule has 0 saturated heterocycles. The van der Waals surface area contributed by atoms with Crippen LogP contribution in [0.25, 0.3) is 0 Å². The molecule has 1 heterocycles. The van der Waals surface area contributed by atoms with Gasteiger partial charge in [0.25, 0.3) is 5.91 Å². The molecule has 222 valence electrons. The lowest BCUT2D eigenvalue weighted by Gasteiger charge is -2.23. The molecule has 12 heteroatoms. The maximum absolute atomic E-state index is 13.6. The number of nitrogens with zero attached hydrogens (tertiary/aromatic N) is 4. The molecular formula is C30H37FN8O3. The van der Waals surface area contributed by atoms with Gasteiger partial charge < -0.3 is 31.1 Å². The lowest BCUT2D eigenvalue weighted by atomic mass is 10.2. The van der Waals surface area contributed by atoms with Crippen LogP contribution in [0, 0.1) is 5.82 Å². The van der Waals surface area contributed by atoms with E-state index in [1.165, 1.54) is 29.3 Å². The number of benzene rings is 2. The Bertz CT molecular complexity index is 1430. The van der Waals surface area contributed by atoms with Crippen LogP contribution in [0.15, 0.2) is 66.9 Å². The minimum absolute atomic E-state index is 0.200. The van der Waals surface area contributed by atoms with Crippen LogP contribution in [-0.2, 0) is 9.59 Å². The lowest BCUT2D eigenvalue weighted by Crippen LogP contribution is -2.42. The number of rotatable bonds is 13. The van der Waals surface area contributed by atoms with Gasteiger partial charge in [-0.15, -0.1) is 0 Å². The van der Waals surface area contributed by atoms with Gasteiger partial charge in [-0.05, 0) is 63.8 Å². The first-order valence-electron chi connectivity index (χ1n) is 13.5. The number of halogens is 1. The van der Waals surface area contributed by atoms with Gasteiger partial charge in [-0.25, -0.2) is 9.37 Å². The molecule has 11 nitrogen and oxygen atoms in total. The molecule has 2 aromatic carbocycles. The van der Waals surface area contributed by atoms with Crippen LogP contribution in [0.4, 0.5) is 33.2 Å². The van der Waals surface area contributed by atoms with E-state index >= 15 is 0 Å². The second-order valence-corrected chi connectivity index (χ2v) is 9.83. The Balaban J connectivity index is 1.69. The second kappa shape index (κ2) is 15.2. The summed E-state index contributed by atoms with van der Waals surface area (Å²) in [6.07, 6.45) is 5.36. The van der Waals surface area contributed by atoms with Gasteiger partial charge in [-0.2, -0.15) is 4.98 Å². The SMILES string of the molecule is CCCNc1nc(Nc2cccc(F)c2)ncc1C(=O)Nc1cccc(NC(=O)[C@H](C)N(C)C(=O)C=CCN(C)C)c1. The summed E-state index contributed by atoms with van der Waals surface area (Å²) >= 11 is 0. The van der Waals surface area contributed by atoms with Crippen LogP contribution in [0.2, 0.25) is 0 Å². The molecule has 0 fully saturated rings. The second-order valence-electron chi connectivity index (χ2n) is 9.83. The summed E-state index contributed by atoms with van der Waals surface area (Å²) < 4.78 is 13.6. The number of nitrogens with one attached hydrogen (secondary N) is 4. The number of likely N-dealkylation sites (N-methyl/N-ethyl adjacent to an activating group) is 2. The van der Waals surface area contributed by atoms with Crippen molar-refractivity contribution in [3.63, 3.8) is 0 Å². The number of hydrogen-bond acceptors (Lipinski definition) is 8. The number of aromatic nitrogens is 2. The molecule has 3 aromatic rings. The largest absolute Gasteiger partial charge is 0.369 e. The van der Waals surface area contributed by atoms with Crippen molar-refractivity contribution < 1.29 is 18.8 Å². The van der Waals surface area contributed by atoms with E-state index < -0.39 is 17.8 Å². The van der Waals surface area contributed by atoms with Gasteiger partial charge >= 0.3 is 0 Å². The Hall–Kier alpha value is -4.84. The van der Waals surface area contributed by atoms with E-state index in [4.69, 9.17) is 0 Å². The highest BCUT2D eigenvalue weighted by atomic mass is 19.1. The van der Waals surface area contributed by atoms with E-state index in [1.807, 2.05) is 25.9 Å². The van der Waals surface area contributed by atoms with Gasteiger partial charge in [-0.1, -0.05) is 25.1 Å². The Labute approximate surface area is 245 Å². The van der Waals surface area contributed by atoms with E-state index in [1.54, 1.807) is 56.4 Å². The van der Waals surface area contributed by atoms with Gasteiger partial charge in [0.2, 0.25) is 17.8 Å². The molecule has 1 atom stereocenters. The molecule has 0 aliphatic rings. The highest BCUT2D eigenvalue weighted by Gasteiger charge is 2.21. The smallest absolute Gasteiger partial charge is 0.260 e. The third kappa shape index (κ3) is 9.37. The van der Waals surface area contributed by atoms with Crippen molar-refractivity contribution in [1.29, 1.82) is 0 Å². The van der Waals surface area contributed by atoms with Gasteiger partial charge in [0.15, 0.2) is 0 Å². The fourth-order valence-corrected chi connectivity index (χ4v) is 3.65. The summed E-state index contributed by atoms with van der Waals surface area (Å²) in [4.78, 5) is 50.4. The molecule has 3 rings (SSSR count). The Morgan fingerprint density at radius 2 is 1.69 bits per heavy atom. The van der Waals surface area contributed by atoms with E-state index in [0.29, 0.717) is 36.0 Å². The fourth-order valence-electron chi connectivity index (χ4n) is 3.65. The number of amides is 3. The predicted octanol–water partition coefficient (Wildman–Crippen LogP) is 4.34. The first kappa shape index (κ1) is 31.7. The molecule has 4 N–H and O–H groups in total. The highest BCUT2D eigenvalue weighted by Crippen LogP contribution is 2.21. The molecule has 3 amide bonds. The average molecular weight is 577 g/mol. The molecular weight excluding hydrogens is 539 g/mol. The van der Waals surface area contributed by atoms with Crippen molar-refractivity contribution >= 4 is 46.5 Å². The summed E-state index contributed by atoms with van der Waals surface area (Å²) in [5.41, 5.74) is 1.56. The number of anilines is 5. The Morgan fingerprint density at radius 1 is 1.00 bits per heavy atom. The van der Waals surface area contributed by atoms with Crippen molar-refractivity contribution in [2.75, 3.05) is 55.5 Å². The van der Waals surface area contributed by atoms with E-state index in [9.17, 15) is 18.8 Å². The average Bonchev–Trinajstić information content (AvgIpc) is 2.95. The van der Waals surface area contributed by atoms with Crippen molar-refractivity contribution in [2.24, 2.45) is 0 Å². The van der Waals surface area contributed by atoms with Crippen LogP contribution in [0.1, 0.15) is 30.6 Å². The monoisotopic (exact) mass is 576 g/mol. The normalized spacial score (nSPS) is 11.7. The summed E-state index contributed by atoms with van der Waals surface area (Å²) in [7, 11) is 5.35. The maximum Gasteiger partial charge on any atom is 0.260 e. The van der Waals surface area contributed by atoms with Crippen LogP contribution in [-0.4, -0.2) is 77.8 Å². The Kier molecular flexibility index (Phi) is 11.5. The van der Waals surface area contributed by atoms with Crippen molar-refractivity contribution in [2.45, 2.75) is 26.3 Å². The van der Waals surface area contributed by atoms with Gasteiger partial charge in [-0.3, -0.25) is 14.4 Å². The zero-order chi connectivity index (χ0) is 30.6. The number of hydrogen-bond donors (Lipinski definition) is 4. The maximum atomic E-state index is 13.6. The quantitative estimate of drug-likeness (QED) is 0.221. The van der Waals surface area contributed by atoms with Gasteiger partial charge in [0, 0.05) is 49.5 Å². The van der Waals surface area contributed by atoms with Gasteiger partial charge in [0.05, 0.1) is 0 Å². The molecule has 0 bridgehead atoms. The first-order chi connectivity index (χ1) is 20.1. The molecule has 0 radical (unpaired) electrons. The molecule has 0 aliphatic heterocycles. The molecule has 1 aromatic heterocycles. The van der Waals surface area contributed by atoms with Crippen molar-refractivity contribution in [3.8, 4) is 0 Å². The van der Waals surface area contributed by atoms with E-state index in [2.05, 4.69) is 31.2 Å². The first-order valence-corrected chi connectivity index (χ1v) is 13.5. The van der Waals surface area contributed by atoms with Crippen molar-refractivity contribution in [3.05, 3.63) is 78.3 Å². The number of carbonyl (C=O) groups excluding carboxylic acids is 3. The Morgan fingerprint density at radius 3 is 2.38 bits per heavy atom. The summed E-state index contributed by atoms with van der Waals surface area (Å²) in [5, 5.41) is 11.7. The van der Waals surface area contributed by atoms with Crippen molar-refractivity contribution in [1.82, 2.24) is 19.8 Å². The minimum Gasteiger partial charge on any atom is -0.369 e. The summed E-state index contributed by atoms with van der Waals surface area (Å²) in [6, 6.07) is 11.8. The third-order valence-corrected chi connectivity index (χ3v) is 6.08. The third-order valence-electron chi connectivity index (χ3n) is 6.08. The van der Waals surface area contributed by atoms with E-state index in [-0.39, 0.29) is 23.3 Å². The zero-order valence-electron chi connectivity index (χ0n) is 24.4. The van der Waals surface area contributed by atoms with E-state index in [0.717, 1.165) is 6.42 Å².